The molecular weight excluding hydrogens is 139 g/mol. The maximum Gasteiger partial charge on any atom is 0.154 e. The summed E-state index contributed by atoms with van der Waals surface area (Å²) >= 11 is 0. The normalized spacial score (nSPS) is 49.2. The van der Waals surface area contributed by atoms with Gasteiger partial charge < -0.3 is 14.9 Å². The van der Waals surface area contributed by atoms with Crippen molar-refractivity contribution in [3.8, 4) is 0 Å². The Morgan fingerprint density at radius 3 is 2.60 bits per heavy atom. The Balaban J connectivity index is 2.52. The molecule has 0 unspecified atom stereocenters. The second-order valence-electron chi connectivity index (χ2n) is 2.40. The molecule has 1 radical (unpaired) electrons. The molecule has 10 heavy (non-hydrogen) atoms. The largest absolute Gasteiger partial charge is 0.387 e. The molecule has 0 saturated carbocycles. The molecule has 0 aromatic rings. The van der Waals surface area contributed by atoms with E-state index in [4.69, 9.17) is 10.2 Å². The SMILES string of the molecule is C[C@H]1O[CH][C@H](O)[C@@H](O)[C@H]1F. The lowest BCUT2D eigenvalue weighted by atomic mass is 10.0. The molecule has 1 fully saturated rings. The number of alkyl halides is 1. The molecule has 4 heteroatoms. The summed E-state index contributed by atoms with van der Waals surface area (Å²) in [5, 5.41) is 17.7. The maximum absolute atomic E-state index is 12.7. The minimum Gasteiger partial charge on any atom is -0.387 e. The van der Waals surface area contributed by atoms with Gasteiger partial charge in [0.2, 0.25) is 0 Å². The molecule has 1 saturated heterocycles. The first kappa shape index (κ1) is 7.91. The highest BCUT2D eigenvalue weighted by atomic mass is 19.1. The van der Waals surface area contributed by atoms with E-state index in [0.29, 0.717) is 0 Å². The molecule has 1 aliphatic rings. The van der Waals surface area contributed by atoms with E-state index in [2.05, 4.69) is 4.74 Å². The van der Waals surface area contributed by atoms with E-state index >= 15 is 0 Å². The van der Waals surface area contributed by atoms with Gasteiger partial charge in [-0.25, -0.2) is 4.39 Å². The highest BCUT2D eigenvalue weighted by Gasteiger charge is 2.36. The van der Waals surface area contributed by atoms with E-state index in [-0.39, 0.29) is 0 Å². The minimum absolute atomic E-state index is 0.668. The first-order valence-corrected chi connectivity index (χ1v) is 3.12. The molecule has 1 heterocycles. The predicted octanol–water partition coefficient (Wildman–Crippen LogP) is -0.373. The zero-order chi connectivity index (χ0) is 7.72. The second kappa shape index (κ2) is 2.82. The van der Waals surface area contributed by atoms with E-state index in [1.54, 1.807) is 0 Å². The highest BCUT2D eigenvalue weighted by Crippen LogP contribution is 2.20. The lowest BCUT2D eigenvalue weighted by molar-refractivity contribution is -0.128. The molecule has 0 aromatic heterocycles. The van der Waals surface area contributed by atoms with Gasteiger partial charge in [0.15, 0.2) is 6.17 Å². The molecule has 3 nitrogen and oxygen atoms in total. The smallest absolute Gasteiger partial charge is 0.154 e. The van der Waals surface area contributed by atoms with E-state index in [1.165, 1.54) is 6.92 Å². The van der Waals surface area contributed by atoms with Crippen LogP contribution in [0, 0.1) is 6.61 Å². The van der Waals surface area contributed by atoms with Gasteiger partial charge in [-0.1, -0.05) is 0 Å². The minimum atomic E-state index is -1.50. The Morgan fingerprint density at radius 1 is 1.50 bits per heavy atom. The number of ether oxygens (including phenoxy) is 1. The highest BCUT2D eigenvalue weighted by molar-refractivity contribution is 4.89. The second-order valence-corrected chi connectivity index (χ2v) is 2.40. The van der Waals surface area contributed by atoms with Gasteiger partial charge in [-0.3, -0.25) is 0 Å². The molecule has 4 atom stereocenters. The Bertz CT molecular complexity index is 106. The van der Waals surface area contributed by atoms with Crippen molar-refractivity contribution in [2.45, 2.75) is 31.4 Å². The van der Waals surface area contributed by atoms with Gasteiger partial charge in [0.05, 0.1) is 6.10 Å². The molecule has 1 aliphatic heterocycles. The van der Waals surface area contributed by atoms with E-state index in [1.807, 2.05) is 0 Å². The zero-order valence-electron chi connectivity index (χ0n) is 5.57. The van der Waals surface area contributed by atoms with Gasteiger partial charge in [-0.2, -0.15) is 0 Å². The monoisotopic (exact) mass is 149 g/mol. The van der Waals surface area contributed by atoms with Crippen LogP contribution in [0.15, 0.2) is 0 Å². The van der Waals surface area contributed by atoms with Crippen molar-refractivity contribution in [2.75, 3.05) is 0 Å². The van der Waals surface area contributed by atoms with Crippen molar-refractivity contribution >= 4 is 0 Å². The lowest BCUT2D eigenvalue weighted by Crippen LogP contribution is -2.47. The Hall–Kier alpha value is -0.190. The number of halogens is 1. The molecule has 0 aromatic carbocycles. The Morgan fingerprint density at radius 2 is 2.10 bits per heavy atom. The lowest BCUT2D eigenvalue weighted by Gasteiger charge is -2.31. The van der Waals surface area contributed by atoms with Crippen molar-refractivity contribution in [2.24, 2.45) is 0 Å². The van der Waals surface area contributed by atoms with Gasteiger partial charge in [0.25, 0.3) is 0 Å². The Kier molecular flexibility index (Phi) is 2.23. The van der Waals surface area contributed by atoms with Gasteiger partial charge in [-0.15, -0.1) is 0 Å². The van der Waals surface area contributed by atoms with Crippen molar-refractivity contribution < 1.29 is 19.3 Å². The maximum atomic E-state index is 12.7. The molecule has 0 aliphatic carbocycles. The Labute approximate surface area is 58.4 Å². The van der Waals surface area contributed by atoms with Crippen molar-refractivity contribution in [1.29, 1.82) is 0 Å². The van der Waals surface area contributed by atoms with Crippen LogP contribution in [0.4, 0.5) is 4.39 Å². The number of rotatable bonds is 0. The van der Waals surface area contributed by atoms with Crippen LogP contribution in [0.3, 0.4) is 0 Å². The summed E-state index contributed by atoms with van der Waals surface area (Å²) in [5.41, 5.74) is 0. The van der Waals surface area contributed by atoms with Crippen LogP contribution >= 0.6 is 0 Å². The summed E-state index contributed by atoms with van der Waals surface area (Å²) in [7, 11) is 0. The summed E-state index contributed by atoms with van der Waals surface area (Å²) in [6.07, 6.45) is -4.71. The molecule has 0 spiro atoms. The predicted molar refractivity (Wildman–Crippen MR) is 31.8 cm³/mol. The van der Waals surface area contributed by atoms with Crippen LogP contribution in [0.2, 0.25) is 0 Å². The number of hydrogen-bond acceptors (Lipinski definition) is 3. The van der Waals surface area contributed by atoms with Crippen molar-refractivity contribution in [3.05, 3.63) is 6.61 Å². The quantitative estimate of drug-likeness (QED) is 0.494. The van der Waals surface area contributed by atoms with E-state index < -0.39 is 24.5 Å². The third kappa shape index (κ3) is 1.28. The van der Waals surface area contributed by atoms with Crippen molar-refractivity contribution in [3.63, 3.8) is 0 Å². The fourth-order valence-electron chi connectivity index (χ4n) is 0.826. The molecular formula is C6H10FO3. The van der Waals surface area contributed by atoms with Gasteiger partial charge >= 0.3 is 0 Å². The summed E-state index contributed by atoms with van der Waals surface area (Å²) < 4.78 is 17.3. The molecule has 0 amide bonds. The van der Waals surface area contributed by atoms with Gasteiger partial charge in [0, 0.05) is 0 Å². The summed E-state index contributed by atoms with van der Waals surface area (Å²) in [6.45, 7) is 2.54. The molecule has 2 N–H and O–H groups in total. The molecule has 59 valence electrons. The summed E-state index contributed by atoms with van der Waals surface area (Å²) in [4.78, 5) is 0. The number of aliphatic hydroxyl groups excluding tert-OH is 2. The topological polar surface area (TPSA) is 49.7 Å². The average Bonchev–Trinajstić information content (AvgIpc) is 1.93. The van der Waals surface area contributed by atoms with Crippen LogP contribution in [0.5, 0.6) is 0 Å². The van der Waals surface area contributed by atoms with E-state index in [9.17, 15) is 4.39 Å². The fraction of sp³-hybridized carbons (Fsp3) is 0.833. The molecule has 1 rings (SSSR count). The van der Waals surface area contributed by atoms with Gasteiger partial charge in [0.1, 0.15) is 18.8 Å². The standard InChI is InChI=1S/C6H10FO3/c1-3-5(7)6(9)4(8)2-10-3/h2-6,8-9H,1H3/t3-,4+,5+,6-/m1/s1. The van der Waals surface area contributed by atoms with Gasteiger partial charge in [-0.05, 0) is 6.92 Å². The number of aliphatic hydroxyl groups is 2. The third-order valence-electron chi connectivity index (χ3n) is 1.56. The fourth-order valence-corrected chi connectivity index (χ4v) is 0.826. The van der Waals surface area contributed by atoms with Crippen LogP contribution in [-0.2, 0) is 4.74 Å². The first-order valence-electron chi connectivity index (χ1n) is 3.12. The van der Waals surface area contributed by atoms with Crippen molar-refractivity contribution in [1.82, 2.24) is 0 Å². The van der Waals surface area contributed by atoms with Crippen LogP contribution in [0.1, 0.15) is 6.92 Å². The average molecular weight is 149 g/mol. The van der Waals surface area contributed by atoms with Crippen LogP contribution in [0.25, 0.3) is 0 Å². The summed E-state index contributed by atoms with van der Waals surface area (Å²) in [5.74, 6) is 0. The summed E-state index contributed by atoms with van der Waals surface area (Å²) in [6, 6.07) is 0. The third-order valence-corrected chi connectivity index (χ3v) is 1.56. The zero-order valence-corrected chi connectivity index (χ0v) is 5.57. The molecule has 0 bridgehead atoms. The number of hydrogen-bond donors (Lipinski definition) is 2. The first-order chi connectivity index (χ1) is 4.63. The van der Waals surface area contributed by atoms with E-state index in [0.717, 1.165) is 6.61 Å². The van der Waals surface area contributed by atoms with Crippen LogP contribution in [-0.4, -0.2) is 34.7 Å². The van der Waals surface area contributed by atoms with Crippen LogP contribution < -0.4 is 0 Å².